The van der Waals surface area contributed by atoms with Crippen molar-refractivity contribution in [2.75, 3.05) is 0 Å². The second-order valence-corrected chi connectivity index (χ2v) is 0. The van der Waals surface area contributed by atoms with Gasteiger partial charge in [-0.3, -0.25) is 0 Å². The fourth-order valence-corrected chi connectivity index (χ4v) is 0. The van der Waals surface area contributed by atoms with Crippen LogP contribution in [0.1, 0.15) is 0 Å². The van der Waals surface area contributed by atoms with E-state index in [1.165, 1.54) is 0 Å². The van der Waals surface area contributed by atoms with Crippen molar-refractivity contribution in [3.63, 3.8) is 0 Å². The van der Waals surface area contributed by atoms with Crippen molar-refractivity contribution in [3.05, 3.63) is 0 Å². The van der Waals surface area contributed by atoms with Crippen molar-refractivity contribution in [2.24, 2.45) is 0 Å². The van der Waals surface area contributed by atoms with Crippen LogP contribution in [0.2, 0.25) is 0 Å². The molecule has 8 radical (unpaired) electrons. The van der Waals surface area contributed by atoms with Crippen LogP contribution in [0.4, 0.5) is 0 Å². The van der Waals surface area contributed by atoms with E-state index in [2.05, 4.69) is 0 Å². The summed E-state index contributed by atoms with van der Waals surface area (Å²) in [6.45, 7) is 0. The van der Waals surface area contributed by atoms with Gasteiger partial charge >= 0.3 is 0 Å². The van der Waals surface area contributed by atoms with Gasteiger partial charge in [-0.25, -0.2) is 0 Å². The first-order valence-corrected chi connectivity index (χ1v) is 0. The molecule has 5 heteroatoms. The van der Waals surface area contributed by atoms with Crippen molar-refractivity contribution >= 4 is 88.8 Å². The first-order valence-electron chi connectivity index (χ1n) is 0. The molecule has 0 spiro atoms. The molecule has 0 atom stereocenters. The van der Waals surface area contributed by atoms with Gasteiger partial charge in [-0.05, 0) is 0 Å². The van der Waals surface area contributed by atoms with Gasteiger partial charge in [0.2, 0.25) is 0 Å². The Morgan fingerprint density at radius 3 is 1.00 bits per heavy atom. The average Bonchev–Trinajstić information content (AvgIpc) is 0. The van der Waals surface area contributed by atoms with E-state index in [9.17, 15) is 0 Å². The molecular formula is CuKSSnZn. The van der Waals surface area contributed by atoms with E-state index < -0.39 is 0 Å². The Hall–Kier alpha value is 3.93. The molecule has 0 aromatic carbocycles. The fraction of sp³-hybridized carbons (Fsp3) is 0. The van der Waals surface area contributed by atoms with Crippen LogP contribution in [0, 0.1) is 0 Å². The maximum atomic E-state index is 0. The van der Waals surface area contributed by atoms with E-state index in [1.807, 2.05) is 0 Å². The zero-order valence-corrected chi connectivity index (χ0v) is 13.6. The maximum Gasteiger partial charge on any atom is 0 e. The summed E-state index contributed by atoms with van der Waals surface area (Å²) in [6, 6.07) is 0. The Bertz CT molecular complexity index is 11.6. The van der Waals surface area contributed by atoms with Gasteiger partial charge in [-0.15, -0.1) is 0 Å². The first kappa shape index (κ1) is 36.4. The first-order chi connectivity index (χ1) is 0. The van der Waals surface area contributed by atoms with Gasteiger partial charge in [0.25, 0.3) is 0 Å². The van der Waals surface area contributed by atoms with Crippen LogP contribution in [0.25, 0.3) is 0 Å². The zero-order chi connectivity index (χ0) is 0. The Kier molecular flexibility index (Phi) is 179. The maximum absolute atomic E-state index is 0. The molecular weight excluding hydrogens is 319 g/mol. The van der Waals surface area contributed by atoms with Crippen molar-refractivity contribution < 1.29 is 36.5 Å². The Balaban J connectivity index is 0. The Morgan fingerprint density at radius 1 is 1.00 bits per heavy atom. The summed E-state index contributed by atoms with van der Waals surface area (Å²) in [7, 11) is 0. The van der Waals surface area contributed by atoms with Crippen LogP contribution in [0.15, 0.2) is 0 Å². The van der Waals surface area contributed by atoms with Crippen LogP contribution < -0.4 is 0 Å². The molecule has 0 saturated heterocycles. The third kappa shape index (κ3) is 18.1. The average molecular weight is 319 g/mol. The molecule has 0 aliphatic rings. The molecule has 0 aromatic rings. The minimum absolute atomic E-state index is 0. The van der Waals surface area contributed by atoms with Crippen molar-refractivity contribution in [3.8, 4) is 0 Å². The fourth-order valence-electron chi connectivity index (χ4n) is 0. The van der Waals surface area contributed by atoms with Crippen molar-refractivity contribution in [1.29, 1.82) is 0 Å². The molecule has 0 aliphatic heterocycles. The second kappa shape index (κ2) is 24.7. The standard InChI is InChI=1S/Cu.K.S.Sn.Zn. The predicted molar refractivity (Wildman–Crippen MR) is 19.1 cm³/mol. The van der Waals surface area contributed by atoms with Crippen LogP contribution in [-0.4, -0.2) is 75.3 Å². The van der Waals surface area contributed by atoms with Crippen LogP contribution in [0.3, 0.4) is 0 Å². The number of hydrogen-bond donors (Lipinski definition) is 0. The second-order valence-electron chi connectivity index (χ2n) is 0. The number of hydrogen-bond acceptors (Lipinski definition) is 0. The quantitative estimate of drug-likeness (QED) is 0.547. The normalized spacial score (nSPS) is 0. The minimum atomic E-state index is 0. The van der Waals surface area contributed by atoms with Crippen LogP contribution in [-0.2, 0) is 36.5 Å². The smallest absolute Gasteiger partial charge is 0 e. The van der Waals surface area contributed by atoms with Gasteiger partial charge in [0.1, 0.15) is 0 Å². The van der Waals surface area contributed by atoms with E-state index in [0.717, 1.165) is 0 Å². The molecule has 0 unspecified atom stereocenters. The topological polar surface area (TPSA) is 0 Å². The molecule has 0 N–H and O–H groups in total. The Labute approximate surface area is 122 Å². The van der Waals surface area contributed by atoms with E-state index in [4.69, 9.17) is 0 Å². The summed E-state index contributed by atoms with van der Waals surface area (Å²) in [5.41, 5.74) is 0. The van der Waals surface area contributed by atoms with Gasteiger partial charge in [-0.2, -0.15) is 0 Å². The molecule has 0 amide bonds. The van der Waals surface area contributed by atoms with E-state index in [1.54, 1.807) is 0 Å². The van der Waals surface area contributed by atoms with Gasteiger partial charge in [-0.1, -0.05) is 0 Å². The summed E-state index contributed by atoms with van der Waals surface area (Å²) < 4.78 is 0. The summed E-state index contributed by atoms with van der Waals surface area (Å²) >= 11 is 0. The third-order valence-electron chi connectivity index (χ3n) is 0. The largest absolute Gasteiger partial charge is 0 e. The van der Waals surface area contributed by atoms with Gasteiger partial charge in [0, 0.05) is 125 Å². The molecule has 24 valence electrons. The monoisotopic (exact) mass is 318 g/mol. The molecule has 0 fully saturated rings. The van der Waals surface area contributed by atoms with Gasteiger partial charge < -0.3 is 0 Å². The van der Waals surface area contributed by atoms with Crippen molar-refractivity contribution in [1.82, 2.24) is 0 Å². The summed E-state index contributed by atoms with van der Waals surface area (Å²) in [5.74, 6) is 0. The Morgan fingerprint density at radius 2 is 1.00 bits per heavy atom. The molecule has 0 rings (SSSR count). The van der Waals surface area contributed by atoms with Gasteiger partial charge in [0.15, 0.2) is 0 Å². The minimum Gasteiger partial charge on any atom is 0 e. The predicted octanol–water partition coefficient (Wildman–Crippen LogP) is -0.118. The summed E-state index contributed by atoms with van der Waals surface area (Å²) in [5, 5.41) is 0. The molecule has 0 aromatic heterocycles. The zero-order valence-electron chi connectivity index (χ0n) is 2.92. The van der Waals surface area contributed by atoms with Crippen LogP contribution in [0.5, 0.6) is 0 Å². The van der Waals surface area contributed by atoms with Crippen molar-refractivity contribution in [2.45, 2.75) is 0 Å². The molecule has 0 bridgehead atoms. The van der Waals surface area contributed by atoms with E-state index in [0.29, 0.717) is 0 Å². The molecule has 0 nitrogen and oxygen atoms in total. The van der Waals surface area contributed by atoms with E-state index >= 15 is 0 Å². The molecule has 5 heavy (non-hydrogen) atoms. The van der Waals surface area contributed by atoms with E-state index in [-0.39, 0.29) is 125 Å². The number of rotatable bonds is 0. The third-order valence-corrected chi connectivity index (χ3v) is 0. The van der Waals surface area contributed by atoms with Gasteiger partial charge in [0.05, 0.1) is 0 Å². The summed E-state index contributed by atoms with van der Waals surface area (Å²) in [4.78, 5) is 0. The molecule has 0 saturated carbocycles. The van der Waals surface area contributed by atoms with Crippen LogP contribution >= 0.6 is 13.5 Å². The SMILES string of the molecule is [Cu].[K].[S].[Sn].[Zn]. The summed E-state index contributed by atoms with van der Waals surface area (Å²) in [6.07, 6.45) is 0. The molecule has 0 aliphatic carbocycles. The molecule has 0 heterocycles.